The van der Waals surface area contributed by atoms with Gasteiger partial charge >= 0.3 is 6.01 Å². The lowest BCUT2D eigenvalue weighted by atomic mass is 9.89. The third kappa shape index (κ3) is 6.21. The minimum Gasteiger partial charge on any atom is -0.463 e. The number of piperidine rings is 1. The van der Waals surface area contributed by atoms with E-state index in [9.17, 15) is 0 Å². The average molecular weight is 469 g/mol. The summed E-state index contributed by atoms with van der Waals surface area (Å²) in [7, 11) is 0. The standard InChI is InChI=1S/C29H32N4O2/c1-21-6-4-9-26(33-21)10-5-15-34-29-31-17-25(18-32-29)27-13-14-30-19-28(27)35-20-22-11-12-23-7-2-3-8-24(23)16-22/h2-4,6-9,11-12,16-18,27-28,30H,5,10,13-15,19-20H2,1H3. The number of pyridine rings is 1. The Bertz CT molecular complexity index is 1240. The monoisotopic (exact) mass is 468 g/mol. The highest BCUT2D eigenvalue weighted by atomic mass is 16.5. The third-order valence-corrected chi connectivity index (χ3v) is 6.54. The zero-order valence-electron chi connectivity index (χ0n) is 20.2. The van der Waals surface area contributed by atoms with E-state index < -0.39 is 0 Å². The molecular weight excluding hydrogens is 436 g/mol. The van der Waals surface area contributed by atoms with Gasteiger partial charge in [0.2, 0.25) is 0 Å². The van der Waals surface area contributed by atoms with Crippen LogP contribution in [0, 0.1) is 6.92 Å². The molecule has 1 N–H and O–H groups in total. The van der Waals surface area contributed by atoms with Gasteiger partial charge in [0.25, 0.3) is 0 Å². The fourth-order valence-corrected chi connectivity index (χ4v) is 4.67. The summed E-state index contributed by atoms with van der Waals surface area (Å²) in [6.45, 7) is 4.96. The van der Waals surface area contributed by atoms with Crippen molar-refractivity contribution in [3.05, 3.63) is 95.6 Å². The Kier molecular flexibility index (Phi) is 7.61. The summed E-state index contributed by atoms with van der Waals surface area (Å²) in [6, 6.07) is 21.5. The molecule has 4 aromatic rings. The Labute approximate surface area is 206 Å². The van der Waals surface area contributed by atoms with Gasteiger partial charge in [-0.05, 0) is 72.8 Å². The van der Waals surface area contributed by atoms with Crippen molar-refractivity contribution in [1.29, 1.82) is 0 Å². The summed E-state index contributed by atoms with van der Waals surface area (Å²) in [5.74, 6) is 0.262. The number of benzene rings is 2. The van der Waals surface area contributed by atoms with Crippen LogP contribution in [0.4, 0.5) is 0 Å². The molecule has 2 aromatic heterocycles. The molecule has 0 spiro atoms. The number of aryl methyl sites for hydroxylation is 2. The van der Waals surface area contributed by atoms with Crippen molar-refractivity contribution in [3.8, 4) is 6.01 Å². The Balaban J connectivity index is 1.14. The number of hydrogen-bond acceptors (Lipinski definition) is 6. The molecule has 3 heterocycles. The maximum absolute atomic E-state index is 6.39. The minimum atomic E-state index is 0.0763. The third-order valence-electron chi connectivity index (χ3n) is 6.54. The van der Waals surface area contributed by atoms with Gasteiger partial charge in [0.1, 0.15) is 0 Å². The molecule has 1 fully saturated rings. The average Bonchev–Trinajstić information content (AvgIpc) is 2.90. The summed E-state index contributed by atoms with van der Waals surface area (Å²) in [4.78, 5) is 13.5. The lowest BCUT2D eigenvalue weighted by molar-refractivity contribution is 0.0105. The van der Waals surface area contributed by atoms with Gasteiger partial charge in [-0.25, -0.2) is 9.97 Å². The van der Waals surface area contributed by atoms with Crippen molar-refractivity contribution >= 4 is 10.8 Å². The molecule has 0 amide bonds. The Hall–Kier alpha value is -3.35. The summed E-state index contributed by atoms with van der Waals surface area (Å²) >= 11 is 0. The number of rotatable bonds is 9. The van der Waals surface area contributed by atoms with E-state index in [1.807, 2.05) is 31.5 Å². The van der Waals surface area contributed by atoms with Crippen LogP contribution in [-0.2, 0) is 17.8 Å². The molecule has 5 rings (SSSR count). The molecule has 6 heteroatoms. The van der Waals surface area contributed by atoms with Gasteiger partial charge in [0.15, 0.2) is 0 Å². The number of fused-ring (bicyclic) bond motifs is 1. The normalized spacial score (nSPS) is 18.0. The molecule has 0 aliphatic carbocycles. The summed E-state index contributed by atoms with van der Waals surface area (Å²) in [6.07, 6.45) is 6.62. The molecule has 1 saturated heterocycles. The molecule has 1 aliphatic rings. The maximum Gasteiger partial charge on any atom is 0.316 e. The topological polar surface area (TPSA) is 69.2 Å². The second-order valence-electron chi connectivity index (χ2n) is 9.15. The van der Waals surface area contributed by atoms with Crippen LogP contribution in [0.25, 0.3) is 10.8 Å². The second kappa shape index (κ2) is 11.4. The van der Waals surface area contributed by atoms with Crippen LogP contribution >= 0.6 is 0 Å². The zero-order chi connectivity index (χ0) is 23.9. The van der Waals surface area contributed by atoms with Gasteiger partial charge < -0.3 is 14.8 Å². The van der Waals surface area contributed by atoms with E-state index in [1.54, 1.807) is 0 Å². The lowest BCUT2D eigenvalue weighted by Crippen LogP contribution is -2.41. The van der Waals surface area contributed by atoms with Crippen LogP contribution < -0.4 is 10.1 Å². The highest BCUT2D eigenvalue weighted by molar-refractivity contribution is 5.82. The van der Waals surface area contributed by atoms with E-state index in [0.29, 0.717) is 19.2 Å². The number of nitrogens with zero attached hydrogens (tertiary/aromatic N) is 3. The molecule has 2 atom stereocenters. The summed E-state index contributed by atoms with van der Waals surface area (Å²) in [5.41, 5.74) is 4.42. The van der Waals surface area contributed by atoms with Crippen molar-refractivity contribution in [3.63, 3.8) is 0 Å². The van der Waals surface area contributed by atoms with E-state index in [4.69, 9.17) is 9.47 Å². The Morgan fingerprint density at radius 1 is 0.971 bits per heavy atom. The molecule has 0 saturated carbocycles. The predicted octanol–water partition coefficient (Wildman–Crippen LogP) is 5.01. The number of nitrogens with one attached hydrogen (secondary N) is 1. The van der Waals surface area contributed by atoms with Gasteiger partial charge in [0, 0.05) is 36.2 Å². The Morgan fingerprint density at radius 3 is 2.69 bits per heavy atom. The first kappa shape index (κ1) is 23.4. The summed E-state index contributed by atoms with van der Waals surface area (Å²) < 4.78 is 12.2. The van der Waals surface area contributed by atoms with Gasteiger partial charge in [0.05, 0.1) is 19.3 Å². The number of aromatic nitrogens is 3. The highest BCUT2D eigenvalue weighted by Crippen LogP contribution is 2.28. The first-order valence-corrected chi connectivity index (χ1v) is 12.4. The molecule has 0 bridgehead atoms. The fraction of sp³-hybridized carbons (Fsp3) is 0.345. The van der Waals surface area contributed by atoms with Crippen LogP contribution in [0.3, 0.4) is 0 Å². The molecular formula is C29H32N4O2. The molecule has 180 valence electrons. The van der Waals surface area contributed by atoms with E-state index in [-0.39, 0.29) is 12.0 Å². The second-order valence-corrected chi connectivity index (χ2v) is 9.15. The molecule has 2 aromatic carbocycles. The van der Waals surface area contributed by atoms with Crippen molar-refractivity contribution < 1.29 is 9.47 Å². The van der Waals surface area contributed by atoms with E-state index >= 15 is 0 Å². The highest BCUT2D eigenvalue weighted by Gasteiger charge is 2.28. The van der Waals surface area contributed by atoms with Crippen LogP contribution in [0.2, 0.25) is 0 Å². The molecule has 6 nitrogen and oxygen atoms in total. The quantitative estimate of drug-likeness (QED) is 0.348. The molecule has 35 heavy (non-hydrogen) atoms. The van der Waals surface area contributed by atoms with Crippen molar-refractivity contribution in [2.75, 3.05) is 19.7 Å². The zero-order valence-corrected chi connectivity index (χ0v) is 20.2. The number of hydrogen-bond donors (Lipinski definition) is 1. The van der Waals surface area contributed by atoms with Gasteiger partial charge in [-0.3, -0.25) is 4.98 Å². The van der Waals surface area contributed by atoms with Crippen molar-refractivity contribution in [1.82, 2.24) is 20.3 Å². The minimum absolute atomic E-state index is 0.0763. The fourth-order valence-electron chi connectivity index (χ4n) is 4.67. The SMILES string of the molecule is Cc1cccc(CCCOc2ncc(C3CCNCC3OCc3ccc4ccccc4c3)cn2)n1. The molecule has 2 unspecified atom stereocenters. The van der Waals surface area contributed by atoms with E-state index in [2.05, 4.69) is 68.8 Å². The van der Waals surface area contributed by atoms with Crippen LogP contribution in [0.15, 0.2) is 73.1 Å². The smallest absolute Gasteiger partial charge is 0.316 e. The van der Waals surface area contributed by atoms with Gasteiger partial charge in [-0.15, -0.1) is 0 Å². The van der Waals surface area contributed by atoms with E-state index in [1.165, 1.54) is 16.3 Å². The van der Waals surface area contributed by atoms with Crippen LogP contribution in [-0.4, -0.2) is 40.8 Å². The van der Waals surface area contributed by atoms with Crippen molar-refractivity contribution in [2.24, 2.45) is 0 Å². The summed E-state index contributed by atoms with van der Waals surface area (Å²) in [5, 5.41) is 5.96. The van der Waals surface area contributed by atoms with Gasteiger partial charge in [-0.1, -0.05) is 42.5 Å². The van der Waals surface area contributed by atoms with E-state index in [0.717, 1.165) is 49.3 Å². The maximum atomic E-state index is 6.39. The first-order valence-electron chi connectivity index (χ1n) is 12.4. The Morgan fingerprint density at radius 2 is 1.83 bits per heavy atom. The molecule has 1 aliphatic heterocycles. The predicted molar refractivity (Wildman–Crippen MR) is 138 cm³/mol. The van der Waals surface area contributed by atoms with Crippen LogP contribution in [0.1, 0.15) is 41.3 Å². The lowest BCUT2D eigenvalue weighted by Gasteiger charge is -2.32. The van der Waals surface area contributed by atoms with Gasteiger partial charge in [-0.2, -0.15) is 0 Å². The van der Waals surface area contributed by atoms with Crippen molar-refractivity contribution in [2.45, 2.75) is 44.8 Å². The first-order chi connectivity index (χ1) is 17.2. The molecule has 0 radical (unpaired) electrons. The van der Waals surface area contributed by atoms with Crippen LogP contribution in [0.5, 0.6) is 6.01 Å². The largest absolute Gasteiger partial charge is 0.463 e. The number of ether oxygens (including phenoxy) is 2.